The van der Waals surface area contributed by atoms with Crippen molar-refractivity contribution in [3.63, 3.8) is 0 Å². The SMILES string of the molecule is Cc1c(N)noc1-c1ccc(F)c(C(F)(F)F)c1. The van der Waals surface area contributed by atoms with Crippen LogP contribution in [0.15, 0.2) is 22.7 Å². The number of halogens is 4. The standard InChI is InChI=1S/C11H8F4N2O/c1-5-9(18-17-10(5)16)6-2-3-8(12)7(4-6)11(13,14)15/h2-4H,1H3,(H2,16,17). The molecule has 1 aromatic heterocycles. The van der Waals surface area contributed by atoms with E-state index in [0.717, 1.165) is 6.07 Å². The summed E-state index contributed by atoms with van der Waals surface area (Å²) >= 11 is 0. The van der Waals surface area contributed by atoms with E-state index < -0.39 is 17.6 Å². The Bertz CT molecular complexity index is 589. The highest BCUT2D eigenvalue weighted by atomic mass is 19.4. The van der Waals surface area contributed by atoms with Crippen LogP contribution >= 0.6 is 0 Å². The molecule has 7 heteroatoms. The molecule has 0 bridgehead atoms. The first-order valence-electron chi connectivity index (χ1n) is 4.89. The molecular weight excluding hydrogens is 252 g/mol. The summed E-state index contributed by atoms with van der Waals surface area (Å²) in [6.07, 6.45) is -4.76. The Balaban J connectivity index is 2.58. The molecule has 0 atom stereocenters. The highest BCUT2D eigenvalue weighted by Gasteiger charge is 2.34. The van der Waals surface area contributed by atoms with Gasteiger partial charge in [0, 0.05) is 11.1 Å². The van der Waals surface area contributed by atoms with E-state index in [1.54, 1.807) is 6.92 Å². The Morgan fingerprint density at radius 3 is 2.44 bits per heavy atom. The third-order valence-electron chi connectivity index (χ3n) is 2.49. The summed E-state index contributed by atoms with van der Waals surface area (Å²) in [6.45, 7) is 1.55. The first-order chi connectivity index (χ1) is 8.30. The summed E-state index contributed by atoms with van der Waals surface area (Å²) in [4.78, 5) is 0. The summed E-state index contributed by atoms with van der Waals surface area (Å²) < 4.78 is 55.5. The van der Waals surface area contributed by atoms with Crippen LogP contribution in [0, 0.1) is 12.7 Å². The number of nitrogen functional groups attached to an aromatic ring is 1. The molecule has 0 amide bonds. The van der Waals surface area contributed by atoms with Gasteiger partial charge in [0.2, 0.25) is 0 Å². The molecule has 0 saturated carbocycles. The number of aromatic nitrogens is 1. The van der Waals surface area contributed by atoms with E-state index in [1.807, 2.05) is 0 Å². The number of nitrogens with zero attached hydrogens (tertiary/aromatic N) is 1. The first-order valence-corrected chi connectivity index (χ1v) is 4.89. The molecule has 0 radical (unpaired) electrons. The maximum absolute atomic E-state index is 13.1. The van der Waals surface area contributed by atoms with Gasteiger partial charge in [0.1, 0.15) is 5.82 Å². The fourth-order valence-corrected chi connectivity index (χ4v) is 1.50. The van der Waals surface area contributed by atoms with Crippen molar-refractivity contribution < 1.29 is 22.1 Å². The van der Waals surface area contributed by atoms with Gasteiger partial charge in [0.05, 0.1) is 5.56 Å². The van der Waals surface area contributed by atoms with Gasteiger partial charge in [-0.15, -0.1) is 0 Å². The molecule has 2 N–H and O–H groups in total. The number of rotatable bonds is 1. The Morgan fingerprint density at radius 2 is 1.94 bits per heavy atom. The predicted molar refractivity (Wildman–Crippen MR) is 56.0 cm³/mol. The van der Waals surface area contributed by atoms with Gasteiger partial charge in [0.25, 0.3) is 0 Å². The van der Waals surface area contributed by atoms with Gasteiger partial charge in [-0.1, -0.05) is 5.16 Å². The molecule has 2 aromatic rings. The van der Waals surface area contributed by atoms with E-state index in [0.29, 0.717) is 11.6 Å². The van der Waals surface area contributed by atoms with E-state index in [2.05, 4.69) is 5.16 Å². The lowest BCUT2D eigenvalue weighted by Crippen LogP contribution is -2.08. The topological polar surface area (TPSA) is 52.0 Å². The van der Waals surface area contributed by atoms with Crippen LogP contribution in [0.2, 0.25) is 0 Å². The molecule has 18 heavy (non-hydrogen) atoms. The van der Waals surface area contributed by atoms with Crippen LogP contribution < -0.4 is 5.73 Å². The third kappa shape index (κ3) is 2.03. The van der Waals surface area contributed by atoms with E-state index in [-0.39, 0.29) is 17.1 Å². The average molecular weight is 260 g/mol. The van der Waals surface area contributed by atoms with E-state index in [1.165, 1.54) is 6.07 Å². The number of hydrogen-bond donors (Lipinski definition) is 1. The molecule has 0 aliphatic carbocycles. The number of anilines is 1. The molecule has 0 aliphatic heterocycles. The largest absolute Gasteiger partial charge is 0.419 e. The van der Waals surface area contributed by atoms with Crippen molar-refractivity contribution in [2.24, 2.45) is 0 Å². The summed E-state index contributed by atoms with van der Waals surface area (Å²) in [7, 11) is 0. The van der Waals surface area contributed by atoms with Crippen molar-refractivity contribution in [3.05, 3.63) is 35.1 Å². The quantitative estimate of drug-likeness (QED) is 0.799. The molecule has 0 saturated heterocycles. The molecule has 0 spiro atoms. The predicted octanol–water partition coefficient (Wildman–Crippen LogP) is 3.39. The normalized spacial score (nSPS) is 11.8. The summed E-state index contributed by atoms with van der Waals surface area (Å²) in [5, 5.41) is 3.43. The number of benzene rings is 1. The van der Waals surface area contributed by atoms with Crippen LogP contribution in [0.3, 0.4) is 0 Å². The lowest BCUT2D eigenvalue weighted by atomic mass is 10.1. The zero-order valence-corrected chi connectivity index (χ0v) is 9.18. The van der Waals surface area contributed by atoms with E-state index >= 15 is 0 Å². The third-order valence-corrected chi connectivity index (χ3v) is 2.49. The minimum Gasteiger partial charge on any atom is -0.381 e. The molecule has 3 nitrogen and oxygen atoms in total. The maximum atomic E-state index is 13.1. The van der Waals surface area contributed by atoms with Crippen LogP contribution in [0.5, 0.6) is 0 Å². The first kappa shape index (κ1) is 12.4. The second kappa shape index (κ2) is 4.01. The van der Waals surface area contributed by atoms with Gasteiger partial charge in [0.15, 0.2) is 11.6 Å². The summed E-state index contributed by atoms with van der Waals surface area (Å²) in [5.41, 5.74) is 4.56. The van der Waals surface area contributed by atoms with Gasteiger partial charge >= 0.3 is 6.18 Å². The minimum atomic E-state index is -4.76. The lowest BCUT2D eigenvalue weighted by Gasteiger charge is -2.09. The van der Waals surface area contributed by atoms with Crippen molar-refractivity contribution in [2.75, 3.05) is 5.73 Å². The fraction of sp³-hybridized carbons (Fsp3) is 0.182. The molecule has 96 valence electrons. The minimum absolute atomic E-state index is 0.0745. The van der Waals surface area contributed by atoms with Crippen molar-refractivity contribution >= 4 is 5.82 Å². The molecule has 0 fully saturated rings. The van der Waals surface area contributed by atoms with Gasteiger partial charge in [-0.2, -0.15) is 13.2 Å². The Morgan fingerprint density at radius 1 is 1.28 bits per heavy atom. The van der Waals surface area contributed by atoms with Gasteiger partial charge < -0.3 is 10.3 Å². The smallest absolute Gasteiger partial charge is 0.381 e. The van der Waals surface area contributed by atoms with Crippen molar-refractivity contribution in [1.82, 2.24) is 5.16 Å². The molecule has 1 aromatic carbocycles. The Hall–Kier alpha value is -2.05. The van der Waals surface area contributed by atoms with Crippen LogP contribution in [0.1, 0.15) is 11.1 Å². The van der Waals surface area contributed by atoms with Crippen molar-refractivity contribution in [2.45, 2.75) is 13.1 Å². The fourth-order valence-electron chi connectivity index (χ4n) is 1.50. The molecule has 0 aliphatic rings. The van der Waals surface area contributed by atoms with Crippen LogP contribution in [-0.4, -0.2) is 5.16 Å². The van der Waals surface area contributed by atoms with E-state index in [9.17, 15) is 17.6 Å². The summed E-state index contributed by atoms with van der Waals surface area (Å²) in [5.74, 6) is -1.16. The molecule has 0 unspecified atom stereocenters. The summed E-state index contributed by atoms with van der Waals surface area (Å²) in [6, 6.07) is 2.58. The Kier molecular flexibility index (Phi) is 2.76. The van der Waals surface area contributed by atoms with Crippen LogP contribution in [0.4, 0.5) is 23.4 Å². The van der Waals surface area contributed by atoms with Gasteiger partial charge in [-0.3, -0.25) is 0 Å². The zero-order valence-electron chi connectivity index (χ0n) is 9.18. The zero-order chi connectivity index (χ0) is 13.5. The van der Waals surface area contributed by atoms with E-state index in [4.69, 9.17) is 10.3 Å². The van der Waals surface area contributed by atoms with Crippen molar-refractivity contribution in [3.8, 4) is 11.3 Å². The number of hydrogen-bond acceptors (Lipinski definition) is 3. The second-order valence-corrected chi connectivity index (χ2v) is 3.71. The average Bonchev–Trinajstić information content (AvgIpc) is 2.59. The number of nitrogens with two attached hydrogens (primary N) is 1. The van der Waals surface area contributed by atoms with Crippen LogP contribution in [0.25, 0.3) is 11.3 Å². The monoisotopic (exact) mass is 260 g/mol. The number of alkyl halides is 3. The molecule has 1 heterocycles. The van der Waals surface area contributed by atoms with Crippen molar-refractivity contribution in [1.29, 1.82) is 0 Å². The molecular formula is C11H8F4N2O. The highest BCUT2D eigenvalue weighted by Crippen LogP contribution is 2.35. The Labute approximate surface area is 99.2 Å². The lowest BCUT2D eigenvalue weighted by molar-refractivity contribution is -0.139. The highest BCUT2D eigenvalue weighted by molar-refractivity contribution is 5.66. The maximum Gasteiger partial charge on any atom is 0.419 e. The second-order valence-electron chi connectivity index (χ2n) is 3.71. The van der Waals surface area contributed by atoms with Gasteiger partial charge in [-0.25, -0.2) is 4.39 Å². The van der Waals surface area contributed by atoms with Crippen LogP contribution in [-0.2, 0) is 6.18 Å². The van der Waals surface area contributed by atoms with Gasteiger partial charge in [-0.05, 0) is 25.1 Å². The molecule has 2 rings (SSSR count).